The van der Waals surface area contributed by atoms with E-state index in [1.807, 2.05) is 18.2 Å². The van der Waals surface area contributed by atoms with Crippen LogP contribution in [0.1, 0.15) is 43.5 Å². The molecule has 193 valence electrons. The van der Waals surface area contributed by atoms with Crippen molar-refractivity contribution in [3.8, 4) is 22.8 Å². The molecule has 2 aliphatic rings. The summed E-state index contributed by atoms with van der Waals surface area (Å²) in [6.07, 6.45) is 2.64. The predicted octanol–water partition coefficient (Wildman–Crippen LogP) is 4.99. The van der Waals surface area contributed by atoms with E-state index < -0.39 is 5.72 Å². The average Bonchev–Trinajstić information content (AvgIpc) is 3.29. The number of methoxy groups -OCH3 is 1. The number of morpholine rings is 1. The third-order valence-electron chi connectivity index (χ3n) is 7.50. The minimum atomic E-state index is -0.461. The molecule has 1 fully saturated rings. The largest absolute Gasteiger partial charge is 0.493 e. The number of benzene rings is 2. The second kappa shape index (κ2) is 10.8. The van der Waals surface area contributed by atoms with Crippen molar-refractivity contribution >= 4 is 12.7 Å². The van der Waals surface area contributed by atoms with Gasteiger partial charge in [0.15, 0.2) is 24.5 Å². The lowest BCUT2D eigenvalue weighted by Gasteiger charge is -2.40. The molecule has 0 saturated carbocycles. The Bertz CT molecular complexity index is 1240. The van der Waals surface area contributed by atoms with Crippen LogP contribution in [0.25, 0.3) is 11.3 Å². The molecule has 3 aromatic rings. The summed E-state index contributed by atoms with van der Waals surface area (Å²) in [7, 11) is 3.94. The number of hydrogen-bond acceptors (Lipinski definition) is 5. The van der Waals surface area contributed by atoms with Gasteiger partial charge in [-0.2, -0.15) is 0 Å². The van der Waals surface area contributed by atoms with E-state index >= 15 is 0 Å². The smallest absolute Gasteiger partial charge is 0.163 e. The third kappa shape index (κ3) is 5.68. The van der Waals surface area contributed by atoms with Crippen LogP contribution in [0.2, 0.25) is 6.32 Å². The minimum absolute atomic E-state index is 0.233. The van der Waals surface area contributed by atoms with Crippen molar-refractivity contribution in [2.75, 3.05) is 33.4 Å². The third-order valence-corrected chi connectivity index (χ3v) is 7.50. The van der Waals surface area contributed by atoms with Crippen LogP contribution in [-0.2, 0) is 17.6 Å². The molecule has 1 aromatic heterocycles. The second-order valence-corrected chi connectivity index (χ2v) is 10.4. The van der Waals surface area contributed by atoms with Crippen LogP contribution >= 0.6 is 0 Å². The van der Waals surface area contributed by atoms with Crippen LogP contribution in [0.5, 0.6) is 11.5 Å². The molecule has 37 heavy (non-hydrogen) atoms. The Balaban J connectivity index is 1.34. The molecule has 1 atom stereocenters. The van der Waals surface area contributed by atoms with Crippen molar-refractivity contribution < 1.29 is 18.6 Å². The highest BCUT2D eigenvalue weighted by Gasteiger charge is 2.31. The number of aryl methyl sites for hydroxylation is 2. The van der Waals surface area contributed by atoms with Crippen molar-refractivity contribution in [2.24, 2.45) is 0 Å². The van der Waals surface area contributed by atoms with E-state index in [0.29, 0.717) is 5.92 Å². The first-order valence-corrected chi connectivity index (χ1v) is 13.2. The highest BCUT2D eigenvalue weighted by molar-refractivity contribution is 6.57. The summed E-state index contributed by atoms with van der Waals surface area (Å²) in [6, 6.07) is 15.1. The van der Waals surface area contributed by atoms with Gasteiger partial charge in [-0.3, -0.25) is 9.88 Å². The number of fused-ring (bicyclic) bond motifs is 1. The molecular formula is C30H35BFN2O3. The fourth-order valence-electron chi connectivity index (χ4n) is 5.29. The minimum Gasteiger partial charge on any atom is -0.493 e. The number of aromatic nitrogens is 1. The molecule has 2 aliphatic heterocycles. The molecule has 7 heteroatoms. The summed E-state index contributed by atoms with van der Waals surface area (Å²) < 4.78 is 31.2. The zero-order chi connectivity index (χ0) is 26.0. The molecule has 0 aliphatic carbocycles. The molecule has 0 spiro atoms. The van der Waals surface area contributed by atoms with Gasteiger partial charge in [0.25, 0.3) is 0 Å². The number of ether oxygens (including phenoxy) is 3. The maximum Gasteiger partial charge on any atom is 0.163 e. The van der Waals surface area contributed by atoms with E-state index in [9.17, 15) is 4.39 Å². The number of hydrogen-bond donors (Lipinski definition) is 0. The van der Waals surface area contributed by atoms with E-state index in [0.717, 1.165) is 73.9 Å². The van der Waals surface area contributed by atoms with Gasteiger partial charge in [-0.25, -0.2) is 4.39 Å². The van der Waals surface area contributed by atoms with Gasteiger partial charge in [-0.15, -0.1) is 0 Å². The van der Waals surface area contributed by atoms with Crippen LogP contribution in [0, 0.1) is 5.82 Å². The summed E-state index contributed by atoms with van der Waals surface area (Å²) in [6.45, 7) is 9.56. The van der Waals surface area contributed by atoms with Crippen molar-refractivity contribution in [2.45, 2.75) is 51.6 Å². The zero-order valence-electron chi connectivity index (χ0n) is 22.2. The first kappa shape index (κ1) is 25.7. The van der Waals surface area contributed by atoms with Crippen molar-refractivity contribution in [1.29, 1.82) is 0 Å². The van der Waals surface area contributed by atoms with Gasteiger partial charge in [-0.05, 0) is 91.8 Å². The summed E-state index contributed by atoms with van der Waals surface area (Å²) >= 11 is 0. The Labute approximate surface area is 220 Å². The number of nitrogens with zero attached hydrogens (tertiary/aromatic N) is 2. The molecule has 1 saturated heterocycles. The van der Waals surface area contributed by atoms with Crippen molar-refractivity contribution in [3.63, 3.8) is 0 Å². The summed E-state index contributed by atoms with van der Waals surface area (Å²) in [5.74, 6) is 1.70. The molecular weight excluding hydrogens is 466 g/mol. The second-order valence-electron chi connectivity index (χ2n) is 10.4. The summed E-state index contributed by atoms with van der Waals surface area (Å²) in [5.41, 5.74) is 6.17. The molecule has 5 rings (SSSR count). The Morgan fingerprint density at radius 3 is 2.54 bits per heavy atom. The van der Waals surface area contributed by atoms with Gasteiger partial charge < -0.3 is 14.2 Å². The number of halogens is 1. The molecule has 0 bridgehead atoms. The maximum atomic E-state index is 13.5. The summed E-state index contributed by atoms with van der Waals surface area (Å²) in [5, 5.41) is 0. The lowest BCUT2D eigenvalue weighted by molar-refractivity contribution is -0.101. The van der Waals surface area contributed by atoms with Gasteiger partial charge in [0, 0.05) is 18.8 Å². The Kier molecular flexibility index (Phi) is 7.54. The Hall–Kier alpha value is -2.90. The number of pyridine rings is 1. The fraction of sp³-hybridized carbons (Fsp3) is 0.433. The topological polar surface area (TPSA) is 43.8 Å². The lowest BCUT2D eigenvalue weighted by atomic mass is 9.70. The first-order valence-electron chi connectivity index (χ1n) is 13.2. The molecule has 0 amide bonds. The van der Waals surface area contributed by atoms with Gasteiger partial charge in [0.1, 0.15) is 5.82 Å². The van der Waals surface area contributed by atoms with Gasteiger partial charge in [0.2, 0.25) is 0 Å². The highest BCUT2D eigenvalue weighted by atomic mass is 19.1. The lowest BCUT2D eigenvalue weighted by Crippen LogP contribution is -2.53. The van der Waals surface area contributed by atoms with E-state index in [2.05, 4.69) is 51.1 Å². The molecule has 2 aromatic carbocycles. The molecule has 5 nitrogen and oxygen atoms in total. The molecule has 1 unspecified atom stereocenters. The fourth-order valence-corrected chi connectivity index (χ4v) is 5.29. The first-order chi connectivity index (χ1) is 17.8. The predicted molar refractivity (Wildman–Crippen MR) is 146 cm³/mol. The van der Waals surface area contributed by atoms with E-state index in [1.165, 1.54) is 28.7 Å². The van der Waals surface area contributed by atoms with E-state index in [1.54, 1.807) is 7.11 Å². The summed E-state index contributed by atoms with van der Waals surface area (Å²) in [4.78, 5) is 7.32. The van der Waals surface area contributed by atoms with Crippen LogP contribution in [-0.4, -0.2) is 56.3 Å². The zero-order valence-corrected chi connectivity index (χ0v) is 22.2. The molecule has 1 radical (unpaired) electrons. The average molecular weight is 501 g/mol. The molecule has 3 heterocycles. The Morgan fingerprint density at radius 1 is 1.05 bits per heavy atom. The van der Waals surface area contributed by atoms with Crippen LogP contribution in [0.3, 0.4) is 0 Å². The van der Waals surface area contributed by atoms with Crippen LogP contribution in [0.15, 0.2) is 48.5 Å². The SMILES string of the molecule is COc1cc(CCc2cc3c(c(-c4ccc(F)cc4)n2)[B]CC3C)ccc1OC(C)(C)N1CCOCC1. The van der Waals surface area contributed by atoms with Gasteiger partial charge in [0.05, 0.1) is 26.0 Å². The quantitative estimate of drug-likeness (QED) is 0.407. The van der Waals surface area contributed by atoms with Crippen molar-refractivity contribution in [3.05, 3.63) is 71.2 Å². The Morgan fingerprint density at radius 2 is 1.81 bits per heavy atom. The van der Waals surface area contributed by atoms with E-state index in [4.69, 9.17) is 19.2 Å². The van der Waals surface area contributed by atoms with E-state index in [-0.39, 0.29) is 5.82 Å². The van der Waals surface area contributed by atoms with Crippen molar-refractivity contribution in [1.82, 2.24) is 9.88 Å². The maximum absolute atomic E-state index is 13.5. The molecule has 0 N–H and O–H groups in total. The highest BCUT2D eigenvalue weighted by Crippen LogP contribution is 2.33. The monoisotopic (exact) mass is 501 g/mol. The standard InChI is InChI=1S/C30H35BFN2O3/c1-20-19-31-28-25(20)18-24(33-29(28)22-7-9-23(32)10-8-22)11-5-21-6-12-26(27(17-21)35-4)37-30(2,3)34-13-15-36-16-14-34/h6-10,12,17-18,20H,5,11,13-16,19H2,1-4H3. The van der Waals surface area contributed by atoms with Crippen LogP contribution in [0.4, 0.5) is 4.39 Å². The van der Waals surface area contributed by atoms with Gasteiger partial charge in [-0.1, -0.05) is 24.8 Å². The number of rotatable bonds is 8. The van der Waals surface area contributed by atoms with Crippen LogP contribution < -0.4 is 14.9 Å². The normalized spacial score (nSPS) is 17.8. The van der Waals surface area contributed by atoms with Gasteiger partial charge >= 0.3 is 0 Å².